The number of hydrogen-bond acceptors (Lipinski definition) is 8. The molecule has 13 heteroatoms. The number of ether oxygens (including phenoxy) is 1. The van der Waals surface area contributed by atoms with Gasteiger partial charge in [-0.15, -0.1) is 0 Å². The van der Waals surface area contributed by atoms with Gasteiger partial charge in [0.1, 0.15) is 24.3 Å². The molecule has 4 rings (SSSR count). The number of anilines is 2. The van der Waals surface area contributed by atoms with Crippen LogP contribution >= 0.6 is 11.6 Å². The third-order valence-corrected chi connectivity index (χ3v) is 5.53. The Morgan fingerprint density at radius 3 is 2.54 bits per heavy atom. The third-order valence-electron chi connectivity index (χ3n) is 5.31. The van der Waals surface area contributed by atoms with E-state index in [2.05, 4.69) is 25.3 Å². The number of nitrogens with one attached hydrogen (secondary N) is 1. The monoisotopic (exact) mass is 508 g/mol. The number of amides is 1. The van der Waals surface area contributed by atoms with Gasteiger partial charge in [-0.1, -0.05) is 11.6 Å². The molecule has 184 valence electrons. The normalized spacial score (nSPS) is 17.7. The van der Waals surface area contributed by atoms with Gasteiger partial charge in [0.25, 0.3) is 0 Å². The first-order valence-electron chi connectivity index (χ1n) is 10.5. The van der Waals surface area contributed by atoms with E-state index in [1.54, 1.807) is 13.8 Å². The maximum absolute atomic E-state index is 13.1. The highest BCUT2D eigenvalue weighted by Gasteiger charge is 2.38. The van der Waals surface area contributed by atoms with Crippen LogP contribution in [0, 0.1) is 0 Å². The number of halogens is 4. The van der Waals surface area contributed by atoms with Crippen LogP contribution in [0.1, 0.15) is 31.3 Å². The fraction of sp³-hybridized carbons (Fsp3) is 0.318. The summed E-state index contributed by atoms with van der Waals surface area (Å²) in [5.74, 6) is 0.764. The Hall–Kier alpha value is -3.51. The number of cyclic esters (lactones) is 1. The molecule has 1 saturated heterocycles. The van der Waals surface area contributed by atoms with Crippen LogP contribution in [0.2, 0.25) is 5.02 Å². The van der Waals surface area contributed by atoms with Gasteiger partial charge in [-0.25, -0.2) is 19.7 Å². The van der Waals surface area contributed by atoms with Crippen molar-refractivity contribution in [2.75, 3.05) is 16.8 Å². The predicted molar refractivity (Wildman–Crippen MR) is 121 cm³/mol. The molecule has 3 aromatic rings. The maximum atomic E-state index is 13.1. The lowest BCUT2D eigenvalue weighted by Gasteiger charge is -2.23. The summed E-state index contributed by atoms with van der Waals surface area (Å²) in [6.45, 7) is 3.34. The second-order valence-corrected chi connectivity index (χ2v) is 8.35. The zero-order valence-electron chi connectivity index (χ0n) is 18.5. The maximum Gasteiger partial charge on any atom is 0.416 e. The lowest BCUT2D eigenvalue weighted by atomic mass is 10.1. The summed E-state index contributed by atoms with van der Waals surface area (Å²) < 4.78 is 44.3. The third kappa shape index (κ3) is 5.43. The van der Waals surface area contributed by atoms with E-state index in [0.29, 0.717) is 11.4 Å². The van der Waals surface area contributed by atoms with E-state index in [-0.39, 0.29) is 29.0 Å². The molecule has 1 aliphatic rings. The van der Waals surface area contributed by atoms with Gasteiger partial charge in [-0.3, -0.25) is 4.90 Å². The minimum absolute atomic E-state index is 0.0386. The van der Waals surface area contributed by atoms with Crippen molar-refractivity contribution in [1.29, 1.82) is 0 Å². The molecule has 0 saturated carbocycles. The molecule has 0 radical (unpaired) electrons. The van der Waals surface area contributed by atoms with Gasteiger partial charge in [0.15, 0.2) is 0 Å². The van der Waals surface area contributed by atoms with Crippen molar-refractivity contribution in [2.24, 2.45) is 0 Å². The molecule has 0 aliphatic carbocycles. The summed E-state index contributed by atoms with van der Waals surface area (Å²) in [5, 5.41) is 12.9. The Morgan fingerprint density at radius 1 is 1.17 bits per heavy atom. The number of rotatable bonds is 6. The Balaban J connectivity index is 1.51. The predicted octanol–water partition coefficient (Wildman–Crippen LogP) is 4.48. The van der Waals surface area contributed by atoms with E-state index >= 15 is 0 Å². The van der Waals surface area contributed by atoms with E-state index in [1.165, 1.54) is 35.6 Å². The van der Waals surface area contributed by atoms with E-state index in [1.807, 2.05) is 0 Å². The van der Waals surface area contributed by atoms with Crippen LogP contribution in [0.5, 0.6) is 0 Å². The van der Waals surface area contributed by atoms with Gasteiger partial charge in [0.2, 0.25) is 5.95 Å². The Labute approximate surface area is 203 Å². The van der Waals surface area contributed by atoms with Crippen molar-refractivity contribution < 1.29 is 27.8 Å². The number of carbonyl (C=O) groups excluding carboxylic acids is 1. The number of aromatic nitrogens is 4. The largest absolute Gasteiger partial charge is 0.447 e. The second-order valence-electron chi connectivity index (χ2n) is 7.92. The van der Waals surface area contributed by atoms with E-state index in [9.17, 15) is 23.1 Å². The highest BCUT2D eigenvalue weighted by atomic mass is 35.5. The number of benzene rings is 1. The lowest BCUT2D eigenvalue weighted by molar-refractivity contribution is -0.137. The molecule has 1 amide bonds. The highest BCUT2D eigenvalue weighted by Crippen LogP contribution is 2.34. The van der Waals surface area contributed by atoms with E-state index < -0.39 is 36.0 Å². The van der Waals surface area contributed by atoms with Crippen LogP contribution in [-0.2, 0) is 10.9 Å². The lowest BCUT2D eigenvalue weighted by Crippen LogP contribution is -2.41. The number of hydrogen-bond donors (Lipinski definition) is 2. The molecule has 2 N–H and O–H groups in total. The zero-order chi connectivity index (χ0) is 25.3. The molecule has 3 atom stereocenters. The van der Waals surface area contributed by atoms with Crippen LogP contribution in [0.15, 0.2) is 42.9 Å². The second kappa shape index (κ2) is 9.62. The molecule has 1 fully saturated rings. The molecule has 9 nitrogen and oxygen atoms in total. The standard InChI is InChI=1S/C22H20ClF3N6O3/c1-11(30-20-27-4-3-18(31-20)32-17(12(2)33)10-35-21(32)34)19-28-8-14(9-29-19)13-5-15(22(24,25)26)7-16(23)6-13/h3-9,11-12,17,33H,10H2,1-2H3,(H,27,30,31)/t11-,12+,17+/m0/s1. The summed E-state index contributed by atoms with van der Waals surface area (Å²) in [6.07, 6.45) is -1.74. The van der Waals surface area contributed by atoms with Gasteiger partial charge in [0.05, 0.1) is 17.7 Å². The van der Waals surface area contributed by atoms with Gasteiger partial charge in [0, 0.05) is 29.2 Å². The Morgan fingerprint density at radius 2 is 1.89 bits per heavy atom. The van der Waals surface area contributed by atoms with Gasteiger partial charge >= 0.3 is 12.3 Å². The molecule has 1 aliphatic heterocycles. The van der Waals surface area contributed by atoms with Crippen molar-refractivity contribution >= 4 is 29.5 Å². The van der Waals surface area contributed by atoms with Crippen LogP contribution in [0.25, 0.3) is 11.1 Å². The molecule has 0 unspecified atom stereocenters. The molecule has 35 heavy (non-hydrogen) atoms. The SMILES string of the molecule is C[C@H](Nc1nccc(N2C(=O)OC[C@@H]2[C@@H](C)O)n1)c1ncc(-c2cc(Cl)cc(C(F)(F)F)c2)cn1. The fourth-order valence-corrected chi connectivity index (χ4v) is 3.73. The van der Waals surface area contributed by atoms with Crippen molar-refractivity contribution in [3.63, 3.8) is 0 Å². The summed E-state index contributed by atoms with van der Waals surface area (Å²) in [7, 11) is 0. The van der Waals surface area contributed by atoms with Crippen molar-refractivity contribution in [3.05, 3.63) is 59.3 Å². The van der Waals surface area contributed by atoms with Gasteiger partial charge in [-0.2, -0.15) is 18.2 Å². The number of aliphatic hydroxyl groups is 1. The fourth-order valence-electron chi connectivity index (χ4n) is 3.50. The molecule has 2 aromatic heterocycles. The zero-order valence-corrected chi connectivity index (χ0v) is 19.2. The molecule has 3 heterocycles. The van der Waals surface area contributed by atoms with Crippen LogP contribution in [0.3, 0.4) is 0 Å². The first kappa shape index (κ1) is 24.6. The number of alkyl halides is 3. The minimum atomic E-state index is -4.53. The minimum Gasteiger partial charge on any atom is -0.447 e. The Kier molecular flexibility index (Phi) is 6.77. The topological polar surface area (TPSA) is 113 Å². The van der Waals surface area contributed by atoms with E-state index in [4.69, 9.17) is 16.3 Å². The van der Waals surface area contributed by atoms with Crippen molar-refractivity contribution in [2.45, 2.75) is 38.2 Å². The Bertz CT molecular complexity index is 1230. The molecule has 1 aromatic carbocycles. The first-order chi connectivity index (χ1) is 16.5. The molecular weight excluding hydrogens is 489 g/mol. The molecule has 0 spiro atoms. The smallest absolute Gasteiger partial charge is 0.416 e. The van der Waals surface area contributed by atoms with Crippen LogP contribution < -0.4 is 10.2 Å². The number of nitrogens with zero attached hydrogens (tertiary/aromatic N) is 5. The quantitative estimate of drug-likeness (QED) is 0.501. The van der Waals surface area contributed by atoms with E-state index in [0.717, 1.165) is 12.1 Å². The van der Waals surface area contributed by atoms with Gasteiger partial charge < -0.3 is 15.2 Å². The van der Waals surface area contributed by atoms with Crippen LogP contribution in [0.4, 0.5) is 29.7 Å². The summed E-state index contributed by atoms with van der Waals surface area (Å²) in [5.41, 5.74) is -0.266. The molecular formula is C22H20ClF3N6O3. The van der Waals surface area contributed by atoms with Crippen molar-refractivity contribution in [3.8, 4) is 11.1 Å². The number of carbonyl (C=O) groups is 1. The van der Waals surface area contributed by atoms with Crippen LogP contribution in [-0.4, -0.2) is 49.9 Å². The molecule has 0 bridgehead atoms. The average Bonchev–Trinajstić information content (AvgIpc) is 3.20. The summed E-state index contributed by atoms with van der Waals surface area (Å²) in [4.78, 5) is 30.3. The van der Waals surface area contributed by atoms with Crippen molar-refractivity contribution in [1.82, 2.24) is 19.9 Å². The van der Waals surface area contributed by atoms with Gasteiger partial charge in [-0.05, 0) is 43.7 Å². The highest BCUT2D eigenvalue weighted by molar-refractivity contribution is 6.31. The summed E-state index contributed by atoms with van der Waals surface area (Å²) >= 11 is 5.86. The summed E-state index contributed by atoms with van der Waals surface area (Å²) in [6, 6.07) is 3.69. The first-order valence-corrected chi connectivity index (χ1v) is 10.8. The average molecular weight is 509 g/mol. The number of aliphatic hydroxyl groups excluding tert-OH is 1.